The third-order valence-corrected chi connectivity index (χ3v) is 8.92. The molecular weight excluding hydrogens is 476 g/mol. The van der Waals surface area contributed by atoms with E-state index in [0.717, 1.165) is 59.8 Å². The topological polar surface area (TPSA) is 95.5 Å². The first-order valence-corrected chi connectivity index (χ1v) is 13.4. The summed E-state index contributed by atoms with van der Waals surface area (Å²) in [5.41, 5.74) is 3.04. The van der Waals surface area contributed by atoms with E-state index in [0.29, 0.717) is 11.4 Å². The lowest BCUT2D eigenvalue weighted by molar-refractivity contribution is 0.0868. The van der Waals surface area contributed by atoms with Crippen molar-refractivity contribution >= 4 is 38.6 Å². The molecule has 0 spiro atoms. The van der Waals surface area contributed by atoms with Crippen molar-refractivity contribution in [2.45, 2.75) is 43.5 Å². The highest BCUT2D eigenvalue weighted by Crippen LogP contribution is 2.32. The number of amides is 1. The molecule has 5 rings (SSSR count). The zero-order valence-corrected chi connectivity index (χ0v) is 20.5. The molecule has 0 unspecified atom stereocenters. The van der Waals surface area contributed by atoms with Gasteiger partial charge >= 0.3 is 5.69 Å². The second-order valence-corrected chi connectivity index (χ2v) is 11.4. The monoisotopic (exact) mass is 502 g/mol. The van der Waals surface area contributed by atoms with Crippen molar-refractivity contribution in [1.29, 1.82) is 0 Å². The van der Waals surface area contributed by atoms with Gasteiger partial charge in [-0.1, -0.05) is 17.7 Å². The molecule has 10 heteroatoms. The lowest BCUT2D eigenvalue weighted by atomic mass is 10.0. The Morgan fingerprint density at radius 3 is 2.53 bits per heavy atom. The maximum absolute atomic E-state index is 12.7. The van der Waals surface area contributed by atoms with E-state index in [1.807, 2.05) is 29.7 Å². The largest absolute Gasteiger partial charge is 0.326 e. The molecule has 1 N–H and O–H groups in total. The van der Waals surface area contributed by atoms with Crippen molar-refractivity contribution in [3.63, 3.8) is 0 Å². The molecule has 1 amide bonds. The van der Waals surface area contributed by atoms with Gasteiger partial charge in [-0.05, 0) is 75.0 Å². The number of aromatic amines is 1. The first-order chi connectivity index (χ1) is 16.3. The van der Waals surface area contributed by atoms with Gasteiger partial charge < -0.3 is 9.88 Å². The number of aryl methyl sites for hydroxylation is 1. The molecule has 1 aromatic heterocycles. The van der Waals surface area contributed by atoms with Crippen molar-refractivity contribution in [3.8, 4) is 0 Å². The van der Waals surface area contributed by atoms with Crippen LogP contribution in [0.1, 0.15) is 47.6 Å². The van der Waals surface area contributed by atoms with Gasteiger partial charge in [0.25, 0.3) is 15.9 Å². The molecular formula is C24H27ClN4O4S. The maximum atomic E-state index is 12.7. The Morgan fingerprint density at radius 2 is 1.76 bits per heavy atom. The van der Waals surface area contributed by atoms with Crippen LogP contribution in [0.4, 0.5) is 0 Å². The van der Waals surface area contributed by atoms with Gasteiger partial charge in [0, 0.05) is 30.7 Å². The fourth-order valence-electron chi connectivity index (χ4n) is 5.08. The van der Waals surface area contributed by atoms with E-state index in [9.17, 15) is 18.0 Å². The molecule has 8 nitrogen and oxygen atoms in total. The number of nitrogens with zero attached hydrogens (tertiary/aromatic N) is 3. The molecule has 0 bridgehead atoms. The molecule has 3 aromatic rings. The number of rotatable bonds is 6. The third-order valence-electron chi connectivity index (χ3n) is 6.85. The highest BCUT2D eigenvalue weighted by Gasteiger charge is 2.40. The summed E-state index contributed by atoms with van der Waals surface area (Å²) in [6.45, 7) is 4.75. The number of carbonyl (C=O) groups is 1. The van der Waals surface area contributed by atoms with Gasteiger partial charge in [0.2, 0.25) is 0 Å². The van der Waals surface area contributed by atoms with Crippen LogP contribution in [0, 0.1) is 6.92 Å². The summed E-state index contributed by atoms with van der Waals surface area (Å²) >= 11 is 5.94. The Kier molecular flexibility index (Phi) is 6.03. The van der Waals surface area contributed by atoms with Crippen LogP contribution < -0.4 is 5.69 Å². The first kappa shape index (κ1) is 23.1. The number of hydrogen-bond acceptors (Lipinski definition) is 5. The third kappa shape index (κ3) is 4.06. The minimum absolute atomic E-state index is 0.0339. The Balaban J connectivity index is 1.14. The smallest absolute Gasteiger partial charge is 0.306 e. The number of fused-ring (bicyclic) bond motifs is 2. The molecule has 1 saturated heterocycles. The number of benzene rings is 2. The van der Waals surface area contributed by atoms with Gasteiger partial charge in [-0.3, -0.25) is 9.36 Å². The minimum Gasteiger partial charge on any atom is -0.306 e. The van der Waals surface area contributed by atoms with Crippen molar-refractivity contribution in [1.82, 2.24) is 18.8 Å². The summed E-state index contributed by atoms with van der Waals surface area (Å²) in [6.07, 6.45) is 3.15. The normalized spacial score (nSPS) is 18.6. The van der Waals surface area contributed by atoms with E-state index in [2.05, 4.69) is 9.88 Å². The number of unbranched alkanes of at least 4 members (excludes halogenated alkanes) is 1. The van der Waals surface area contributed by atoms with E-state index in [1.54, 1.807) is 0 Å². The van der Waals surface area contributed by atoms with Gasteiger partial charge in [-0.15, -0.1) is 0 Å². The zero-order chi connectivity index (χ0) is 24.0. The SMILES string of the molecule is Cc1ccc2c(c1)[nH]c(=O)n2C1CCN(CCCCN2C(=O)c3cc(Cl)ccc3S2(=O)=O)CC1. The Hall–Kier alpha value is -2.62. The molecule has 2 aliphatic heterocycles. The fourth-order valence-corrected chi connectivity index (χ4v) is 6.84. The van der Waals surface area contributed by atoms with Crippen molar-refractivity contribution in [3.05, 3.63) is 63.0 Å². The highest BCUT2D eigenvalue weighted by molar-refractivity contribution is 7.90. The lowest BCUT2D eigenvalue weighted by Gasteiger charge is -2.32. The number of H-pyrrole nitrogens is 1. The molecule has 0 saturated carbocycles. The average Bonchev–Trinajstić information content (AvgIpc) is 3.21. The quantitative estimate of drug-likeness (QED) is 0.520. The maximum Gasteiger partial charge on any atom is 0.326 e. The second-order valence-electron chi connectivity index (χ2n) is 9.12. The molecule has 34 heavy (non-hydrogen) atoms. The van der Waals surface area contributed by atoms with E-state index < -0.39 is 15.9 Å². The summed E-state index contributed by atoms with van der Waals surface area (Å²) < 4.78 is 28.3. The van der Waals surface area contributed by atoms with E-state index in [-0.39, 0.29) is 28.7 Å². The van der Waals surface area contributed by atoms with Gasteiger partial charge in [0.15, 0.2) is 0 Å². The summed E-state index contributed by atoms with van der Waals surface area (Å²) in [5, 5.41) is 0.345. The minimum atomic E-state index is -3.80. The van der Waals surface area contributed by atoms with E-state index in [4.69, 9.17) is 11.6 Å². The number of hydrogen-bond donors (Lipinski definition) is 1. The predicted molar refractivity (Wildman–Crippen MR) is 131 cm³/mol. The molecule has 2 aliphatic rings. The van der Waals surface area contributed by atoms with Gasteiger partial charge in [-0.2, -0.15) is 0 Å². The predicted octanol–water partition coefficient (Wildman–Crippen LogP) is 3.55. The van der Waals surface area contributed by atoms with Gasteiger partial charge in [0.05, 0.1) is 16.6 Å². The molecule has 0 radical (unpaired) electrons. The summed E-state index contributed by atoms with van der Waals surface area (Å²) in [5.74, 6) is -0.502. The molecule has 0 atom stereocenters. The van der Waals surface area contributed by atoms with Crippen LogP contribution in [0.5, 0.6) is 0 Å². The number of halogens is 1. The van der Waals surface area contributed by atoms with Crippen molar-refractivity contribution in [2.24, 2.45) is 0 Å². The van der Waals surface area contributed by atoms with E-state index >= 15 is 0 Å². The first-order valence-electron chi connectivity index (χ1n) is 11.6. The lowest BCUT2D eigenvalue weighted by Crippen LogP contribution is -2.37. The Bertz CT molecular complexity index is 1420. The Labute approximate surface area is 203 Å². The number of piperidine rings is 1. The number of nitrogens with one attached hydrogen (secondary N) is 1. The number of imidazole rings is 1. The molecule has 2 aromatic carbocycles. The van der Waals surface area contributed by atoms with E-state index in [1.165, 1.54) is 18.2 Å². The summed E-state index contributed by atoms with van der Waals surface area (Å²) in [4.78, 5) is 30.5. The Morgan fingerprint density at radius 1 is 1.03 bits per heavy atom. The van der Waals surface area contributed by atoms with Gasteiger partial charge in [-0.25, -0.2) is 17.5 Å². The van der Waals surface area contributed by atoms with Crippen LogP contribution >= 0.6 is 11.6 Å². The summed E-state index contributed by atoms with van der Waals surface area (Å²) in [6, 6.07) is 10.5. The number of likely N-dealkylation sites (tertiary alicyclic amines) is 1. The number of sulfonamides is 1. The molecule has 0 aliphatic carbocycles. The average molecular weight is 503 g/mol. The molecule has 180 valence electrons. The van der Waals surface area contributed by atoms with Crippen molar-refractivity contribution in [2.75, 3.05) is 26.2 Å². The zero-order valence-electron chi connectivity index (χ0n) is 19.0. The number of carbonyl (C=O) groups excluding carboxylic acids is 1. The molecule has 1 fully saturated rings. The number of aromatic nitrogens is 2. The second kappa shape index (κ2) is 8.87. The summed E-state index contributed by atoms with van der Waals surface area (Å²) in [7, 11) is -3.80. The van der Waals surface area contributed by atoms with Crippen LogP contribution in [0.2, 0.25) is 5.02 Å². The van der Waals surface area contributed by atoms with Crippen molar-refractivity contribution < 1.29 is 13.2 Å². The molecule has 3 heterocycles. The standard InChI is InChI=1S/C24H27ClN4O4S/c1-16-4-6-21-20(14-16)26-24(31)29(21)18-8-12-27(13-9-18)10-2-3-11-28-23(30)19-15-17(25)5-7-22(19)34(28,32)33/h4-7,14-15,18H,2-3,8-13H2,1H3,(H,26,31). The van der Waals surface area contributed by atoms with Crippen LogP contribution in [0.25, 0.3) is 11.0 Å². The van der Waals surface area contributed by atoms with Crippen LogP contribution in [0.15, 0.2) is 46.1 Å². The fraction of sp³-hybridized carbons (Fsp3) is 0.417. The van der Waals surface area contributed by atoms with Gasteiger partial charge in [0.1, 0.15) is 4.90 Å². The van der Waals surface area contributed by atoms with Crippen LogP contribution in [-0.4, -0.2) is 59.3 Å². The van der Waals surface area contributed by atoms with Crippen LogP contribution in [-0.2, 0) is 10.0 Å². The van der Waals surface area contributed by atoms with Crippen LogP contribution in [0.3, 0.4) is 0 Å². The highest BCUT2D eigenvalue weighted by atomic mass is 35.5.